The molecule has 0 aromatic rings. The molecule has 1 heterocycles. The summed E-state index contributed by atoms with van der Waals surface area (Å²) < 4.78 is 5.37. The molecule has 14 heavy (non-hydrogen) atoms. The van der Waals surface area contributed by atoms with E-state index >= 15 is 0 Å². The first kappa shape index (κ1) is 13.9. The van der Waals surface area contributed by atoms with Crippen LogP contribution in [0.5, 0.6) is 0 Å². The molecule has 3 heteroatoms. The van der Waals surface area contributed by atoms with Gasteiger partial charge < -0.3 is 14.9 Å². The first-order valence-electron chi connectivity index (χ1n) is 5.43. The summed E-state index contributed by atoms with van der Waals surface area (Å²) >= 11 is 0. The largest absolute Gasteiger partial charge is 0.390 e. The second-order valence-corrected chi connectivity index (χ2v) is 4.32. The van der Waals surface area contributed by atoms with E-state index in [9.17, 15) is 10.2 Å². The molecule has 1 fully saturated rings. The van der Waals surface area contributed by atoms with Crippen LogP contribution >= 0.6 is 0 Å². The van der Waals surface area contributed by atoms with E-state index in [0.717, 1.165) is 0 Å². The van der Waals surface area contributed by atoms with Crippen LogP contribution < -0.4 is 0 Å². The van der Waals surface area contributed by atoms with Gasteiger partial charge in [-0.15, -0.1) is 0 Å². The second kappa shape index (κ2) is 5.69. The quantitative estimate of drug-likeness (QED) is 0.681. The summed E-state index contributed by atoms with van der Waals surface area (Å²) in [5, 5.41) is 19.2. The zero-order valence-corrected chi connectivity index (χ0v) is 9.95. The second-order valence-electron chi connectivity index (χ2n) is 4.32. The fourth-order valence-electron chi connectivity index (χ4n) is 1.66. The van der Waals surface area contributed by atoms with E-state index in [0.29, 0.717) is 18.9 Å². The molecule has 3 unspecified atom stereocenters. The fourth-order valence-corrected chi connectivity index (χ4v) is 1.66. The third-order valence-corrected chi connectivity index (χ3v) is 2.25. The summed E-state index contributed by atoms with van der Waals surface area (Å²) in [7, 11) is 0. The molecule has 0 aromatic carbocycles. The van der Waals surface area contributed by atoms with Crippen LogP contribution in [-0.4, -0.2) is 34.6 Å². The van der Waals surface area contributed by atoms with Gasteiger partial charge in [0.15, 0.2) is 0 Å². The average Bonchev–Trinajstić information content (AvgIpc) is 2.05. The van der Waals surface area contributed by atoms with Crippen molar-refractivity contribution in [2.24, 2.45) is 5.92 Å². The highest BCUT2D eigenvalue weighted by Gasteiger charge is 2.37. The van der Waals surface area contributed by atoms with Crippen molar-refractivity contribution in [2.45, 2.75) is 58.8 Å². The summed E-state index contributed by atoms with van der Waals surface area (Å²) in [5.41, 5.74) is -0.945. The lowest BCUT2D eigenvalue weighted by Gasteiger charge is -2.38. The van der Waals surface area contributed by atoms with Crippen LogP contribution in [0.1, 0.15) is 41.0 Å². The zero-order chi connectivity index (χ0) is 11.4. The Kier molecular flexibility index (Phi) is 5.64. The Hall–Kier alpha value is -0.120. The van der Waals surface area contributed by atoms with Crippen molar-refractivity contribution in [2.75, 3.05) is 6.61 Å². The molecular formula is C11H24O3. The van der Waals surface area contributed by atoms with Gasteiger partial charge in [0.1, 0.15) is 6.10 Å². The SMILES string of the molecule is CC.CC1COC(C(C)(C)O)C(O)C1. The number of aliphatic hydroxyl groups excluding tert-OH is 1. The molecule has 0 aromatic heterocycles. The van der Waals surface area contributed by atoms with E-state index in [2.05, 4.69) is 0 Å². The molecule has 0 spiro atoms. The fraction of sp³-hybridized carbons (Fsp3) is 1.00. The Bertz CT molecular complexity index is 151. The van der Waals surface area contributed by atoms with Gasteiger partial charge in [-0.05, 0) is 26.2 Å². The van der Waals surface area contributed by atoms with Crippen LogP contribution in [0.4, 0.5) is 0 Å². The topological polar surface area (TPSA) is 49.7 Å². The van der Waals surface area contributed by atoms with Crippen LogP contribution in [0, 0.1) is 5.92 Å². The Morgan fingerprint density at radius 2 is 1.79 bits per heavy atom. The molecule has 1 rings (SSSR count). The minimum Gasteiger partial charge on any atom is -0.390 e. The van der Waals surface area contributed by atoms with Gasteiger partial charge in [-0.1, -0.05) is 20.8 Å². The van der Waals surface area contributed by atoms with Crippen molar-refractivity contribution >= 4 is 0 Å². The van der Waals surface area contributed by atoms with Crippen molar-refractivity contribution in [1.82, 2.24) is 0 Å². The third-order valence-electron chi connectivity index (χ3n) is 2.25. The lowest BCUT2D eigenvalue weighted by molar-refractivity contribution is -0.172. The maximum Gasteiger partial charge on any atom is 0.111 e. The van der Waals surface area contributed by atoms with Crippen molar-refractivity contribution in [3.8, 4) is 0 Å². The van der Waals surface area contributed by atoms with Crippen molar-refractivity contribution < 1.29 is 14.9 Å². The van der Waals surface area contributed by atoms with E-state index in [4.69, 9.17) is 4.74 Å². The van der Waals surface area contributed by atoms with Gasteiger partial charge in [0.25, 0.3) is 0 Å². The van der Waals surface area contributed by atoms with Gasteiger partial charge in [-0.25, -0.2) is 0 Å². The molecule has 0 saturated carbocycles. The predicted molar refractivity (Wildman–Crippen MR) is 57.2 cm³/mol. The summed E-state index contributed by atoms with van der Waals surface area (Å²) in [5.74, 6) is 0.388. The molecule has 0 amide bonds. The zero-order valence-electron chi connectivity index (χ0n) is 9.95. The summed E-state index contributed by atoms with van der Waals surface area (Å²) in [6.45, 7) is 9.99. The van der Waals surface area contributed by atoms with Gasteiger partial charge in [-0.2, -0.15) is 0 Å². The number of ether oxygens (including phenoxy) is 1. The standard InChI is InChI=1S/C9H18O3.C2H6/c1-6-4-7(10)8(12-5-6)9(2,3)11;1-2/h6-8,10-11H,4-5H2,1-3H3;1-2H3. The van der Waals surface area contributed by atoms with Gasteiger partial charge in [0, 0.05) is 6.61 Å². The lowest BCUT2D eigenvalue weighted by atomic mass is 9.89. The minimum absolute atomic E-state index is 0.388. The summed E-state index contributed by atoms with van der Waals surface area (Å²) in [4.78, 5) is 0. The smallest absolute Gasteiger partial charge is 0.111 e. The van der Waals surface area contributed by atoms with E-state index in [1.165, 1.54) is 0 Å². The highest BCUT2D eigenvalue weighted by molar-refractivity contribution is 4.88. The van der Waals surface area contributed by atoms with Crippen LogP contribution in [-0.2, 0) is 4.74 Å². The first-order chi connectivity index (χ1) is 6.41. The van der Waals surface area contributed by atoms with Gasteiger partial charge in [0.2, 0.25) is 0 Å². The summed E-state index contributed by atoms with van der Waals surface area (Å²) in [6, 6.07) is 0. The summed E-state index contributed by atoms with van der Waals surface area (Å²) in [6.07, 6.45) is -0.253. The van der Waals surface area contributed by atoms with Crippen LogP contribution in [0.3, 0.4) is 0 Å². The lowest BCUT2D eigenvalue weighted by Crippen LogP contribution is -2.50. The van der Waals surface area contributed by atoms with E-state index in [1.807, 2.05) is 20.8 Å². The van der Waals surface area contributed by atoms with Gasteiger partial charge in [0.05, 0.1) is 11.7 Å². The Labute approximate surface area is 87.1 Å². The van der Waals surface area contributed by atoms with Crippen LogP contribution in [0.2, 0.25) is 0 Å². The van der Waals surface area contributed by atoms with Crippen LogP contribution in [0.15, 0.2) is 0 Å². The molecule has 0 bridgehead atoms. The number of hydrogen-bond donors (Lipinski definition) is 2. The first-order valence-corrected chi connectivity index (χ1v) is 5.43. The molecule has 1 saturated heterocycles. The molecule has 2 N–H and O–H groups in total. The molecule has 86 valence electrons. The van der Waals surface area contributed by atoms with Crippen LogP contribution in [0.25, 0.3) is 0 Å². The number of aliphatic hydroxyl groups is 2. The van der Waals surface area contributed by atoms with E-state index in [-0.39, 0.29) is 0 Å². The molecule has 0 radical (unpaired) electrons. The number of hydrogen-bond acceptors (Lipinski definition) is 3. The molecule has 0 aliphatic carbocycles. The van der Waals surface area contributed by atoms with Gasteiger partial charge >= 0.3 is 0 Å². The van der Waals surface area contributed by atoms with E-state index in [1.54, 1.807) is 13.8 Å². The third kappa shape index (κ3) is 3.95. The van der Waals surface area contributed by atoms with Gasteiger partial charge in [-0.3, -0.25) is 0 Å². The molecule has 3 atom stereocenters. The molecular weight excluding hydrogens is 180 g/mol. The Balaban J connectivity index is 0.000000791. The average molecular weight is 204 g/mol. The number of rotatable bonds is 1. The van der Waals surface area contributed by atoms with Crippen molar-refractivity contribution in [1.29, 1.82) is 0 Å². The maximum atomic E-state index is 9.61. The van der Waals surface area contributed by atoms with E-state index < -0.39 is 17.8 Å². The highest BCUT2D eigenvalue weighted by atomic mass is 16.5. The highest BCUT2D eigenvalue weighted by Crippen LogP contribution is 2.26. The van der Waals surface area contributed by atoms with Crippen molar-refractivity contribution in [3.63, 3.8) is 0 Å². The molecule has 1 aliphatic heterocycles. The molecule has 1 aliphatic rings. The normalized spacial score (nSPS) is 33.2. The Morgan fingerprint density at radius 1 is 1.29 bits per heavy atom. The minimum atomic E-state index is -0.945. The Morgan fingerprint density at radius 3 is 2.14 bits per heavy atom. The molecule has 3 nitrogen and oxygen atoms in total. The maximum absolute atomic E-state index is 9.61. The predicted octanol–water partition coefficient (Wildman–Crippen LogP) is 1.57. The van der Waals surface area contributed by atoms with Crippen molar-refractivity contribution in [3.05, 3.63) is 0 Å². The monoisotopic (exact) mass is 204 g/mol.